The van der Waals surface area contributed by atoms with E-state index >= 15 is 0 Å². The Hall–Kier alpha value is -1.58. The van der Waals surface area contributed by atoms with Crippen LogP contribution in [0.15, 0.2) is 58.5 Å². The second-order valence-corrected chi connectivity index (χ2v) is 5.72. The summed E-state index contributed by atoms with van der Waals surface area (Å²) in [5, 5.41) is 1.72. The Labute approximate surface area is 127 Å². The van der Waals surface area contributed by atoms with Gasteiger partial charge in [-0.15, -0.1) is 11.8 Å². The molecular weight excluding hydrogens is 288 g/mol. The van der Waals surface area contributed by atoms with Gasteiger partial charge in [0.2, 0.25) is 0 Å². The molecule has 2 nitrogen and oxygen atoms in total. The van der Waals surface area contributed by atoms with Crippen LogP contribution in [-0.4, -0.2) is 23.6 Å². The van der Waals surface area contributed by atoms with Gasteiger partial charge in [-0.1, -0.05) is 41.9 Å². The van der Waals surface area contributed by atoms with Gasteiger partial charge < -0.3 is 0 Å². The van der Waals surface area contributed by atoms with E-state index in [2.05, 4.69) is 17.1 Å². The minimum Gasteiger partial charge on any atom is -0.277 e. The molecule has 1 aliphatic heterocycles. The maximum absolute atomic E-state index is 6.14. The highest BCUT2D eigenvalue weighted by Gasteiger charge is 2.16. The fraction of sp³-hybridized carbons (Fsp3) is 0.125. The number of fused-ring (bicyclic) bond motifs is 1. The van der Waals surface area contributed by atoms with Crippen LogP contribution < -0.4 is 0 Å². The molecule has 2 aromatic rings. The summed E-state index contributed by atoms with van der Waals surface area (Å²) in [6, 6.07) is 15.9. The number of hydrogen-bond donors (Lipinski definition) is 0. The summed E-state index contributed by atoms with van der Waals surface area (Å²) in [7, 11) is 0. The number of hydrogen-bond acceptors (Lipinski definition) is 3. The Morgan fingerprint density at radius 1 is 1.10 bits per heavy atom. The fourth-order valence-corrected chi connectivity index (χ4v) is 2.71. The van der Waals surface area contributed by atoms with Crippen LogP contribution >= 0.6 is 23.4 Å². The van der Waals surface area contributed by atoms with Crippen molar-refractivity contribution in [3.8, 4) is 0 Å². The number of halogens is 1. The molecule has 3 rings (SSSR count). The van der Waals surface area contributed by atoms with Crippen molar-refractivity contribution in [2.45, 2.75) is 0 Å². The maximum Gasteiger partial charge on any atom is 0.0951 e. The van der Waals surface area contributed by atoms with Crippen LogP contribution in [0.2, 0.25) is 5.02 Å². The molecule has 20 heavy (non-hydrogen) atoms. The minimum absolute atomic E-state index is 0.609. The molecule has 0 aromatic heterocycles. The van der Waals surface area contributed by atoms with Crippen LogP contribution in [0.25, 0.3) is 0 Å². The highest BCUT2D eigenvalue weighted by Crippen LogP contribution is 2.29. The number of rotatable bonds is 1. The zero-order chi connectivity index (χ0) is 13.9. The predicted molar refractivity (Wildman–Crippen MR) is 89.0 cm³/mol. The van der Waals surface area contributed by atoms with Crippen molar-refractivity contribution in [2.24, 2.45) is 9.98 Å². The Bertz CT molecular complexity index is 693. The lowest BCUT2D eigenvalue weighted by Crippen LogP contribution is -2.04. The second kappa shape index (κ2) is 5.81. The van der Waals surface area contributed by atoms with E-state index < -0.39 is 0 Å². The molecule has 0 saturated carbocycles. The average molecular weight is 301 g/mol. The molecule has 100 valence electrons. The highest BCUT2D eigenvalue weighted by atomic mass is 35.5. The summed E-state index contributed by atoms with van der Waals surface area (Å²) in [5.41, 5.74) is 3.97. The zero-order valence-electron chi connectivity index (χ0n) is 11.0. The third-order valence-electron chi connectivity index (χ3n) is 3.11. The van der Waals surface area contributed by atoms with Crippen molar-refractivity contribution in [1.29, 1.82) is 0 Å². The molecule has 0 bridgehead atoms. The van der Waals surface area contributed by atoms with Crippen molar-refractivity contribution >= 4 is 39.8 Å². The smallest absolute Gasteiger partial charge is 0.0951 e. The largest absolute Gasteiger partial charge is 0.277 e. The molecule has 0 unspecified atom stereocenters. The summed E-state index contributed by atoms with van der Waals surface area (Å²) >= 11 is 7.78. The van der Waals surface area contributed by atoms with Gasteiger partial charge in [0.15, 0.2) is 0 Å². The first kappa shape index (κ1) is 13.4. The fourth-order valence-electron chi connectivity index (χ4n) is 2.15. The molecule has 0 saturated heterocycles. The van der Waals surface area contributed by atoms with Gasteiger partial charge in [-0.05, 0) is 24.5 Å². The Balaban J connectivity index is 2.19. The van der Waals surface area contributed by atoms with Crippen LogP contribution in [0.4, 0.5) is 5.69 Å². The maximum atomic E-state index is 6.14. The van der Waals surface area contributed by atoms with Gasteiger partial charge in [0.25, 0.3) is 0 Å². The first-order valence-electron chi connectivity index (χ1n) is 6.29. The van der Waals surface area contributed by atoms with Gasteiger partial charge >= 0.3 is 0 Å². The van der Waals surface area contributed by atoms with Crippen molar-refractivity contribution in [3.05, 3.63) is 64.7 Å². The van der Waals surface area contributed by atoms with Gasteiger partial charge in [0, 0.05) is 16.1 Å². The van der Waals surface area contributed by atoms with Crippen LogP contribution in [0.5, 0.6) is 0 Å². The Morgan fingerprint density at radius 3 is 2.65 bits per heavy atom. The topological polar surface area (TPSA) is 24.7 Å². The summed E-state index contributed by atoms with van der Waals surface area (Å²) in [6.45, 7) is 0.609. The lowest BCUT2D eigenvalue weighted by molar-refractivity contribution is 1.32. The van der Waals surface area contributed by atoms with Crippen molar-refractivity contribution in [1.82, 2.24) is 0 Å². The van der Waals surface area contributed by atoms with E-state index in [1.807, 2.05) is 42.7 Å². The van der Waals surface area contributed by atoms with E-state index in [1.165, 1.54) is 0 Å². The first-order chi connectivity index (χ1) is 9.78. The SMILES string of the molecule is CSC1=Nc2ccc(Cl)cc2C(c2ccccc2)=NC1. The molecule has 4 heteroatoms. The van der Waals surface area contributed by atoms with Gasteiger partial charge in [-0.2, -0.15) is 0 Å². The zero-order valence-corrected chi connectivity index (χ0v) is 12.6. The van der Waals surface area contributed by atoms with Crippen molar-refractivity contribution in [2.75, 3.05) is 12.8 Å². The van der Waals surface area contributed by atoms with Gasteiger partial charge in [-0.25, -0.2) is 4.99 Å². The molecule has 0 aliphatic carbocycles. The molecule has 1 heterocycles. The van der Waals surface area contributed by atoms with E-state index in [0.717, 1.165) is 27.6 Å². The number of aliphatic imine (C=N–C) groups is 2. The standard InChI is InChI=1S/C16H13ClN2S/c1-20-15-10-18-16(11-5-3-2-4-6-11)13-9-12(17)7-8-14(13)19-15/h2-9H,10H2,1H3. The molecule has 2 aromatic carbocycles. The molecule has 0 amide bonds. The Morgan fingerprint density at radius 2 is 1.90 bits per heavy atom. The summed E-state index contributed by atoms with van der Waals surface area (Å²) in [5.74, 6) is 0. The van der Waals surface area contributed by atoms with Crippen molar-refractivity contribution in [3.63, 3.8) is 0 Å². The Kier molecular flexibility index (Phi) is 3.90. The van der Waals surface area contributed by atoms with E-state index in [4.69, 9.17) is 16.6 Å². The van der Waals surface area contributed by atoms with Crippen LogP contribution in [0, 0.1) is 0 Å². The van der Waals surface area contributed by atoms with Crippen LogP contribution in [-0.2, 0) is 0 Å². The molecule has 0 radical (unpaired) electrons. The summed E-state index contributed by atoms with van der Waals surface area (Å²) < 4.78 is 0. The van der Waals surface area contributed by atoms with E-state index in [1.54, 1.807) is 11.8 Å². The summed E-state index contributed by atoms with van der Waals surface area (Å²) in [6.07, 6.45) is 2.03. The third kappa shape index (κ3) is 2.65. The summed E-state index contributed by atoms with van der Waals surface area (Å²) in [4.78, 5) is 9.42. The third-order valence-corrected chi connectivity index (χ3v) is 4.04. The molecule has 0 atom stereocenters. The van der Waals surface area contributed by atoms with Crippen LogP contribution in [0.3, 0.4) is 0 Å². The van der Waals surface area contributed by atoms with E-state index in [0.29, 0.717) is 11.6 Å². The molecule has 0 spiro atoms. The average Bonchev–Trinajstić information content (AvgIpc) is 2.67. The van der Waals surface area contributed by atoms with Gasteiger partial charge in [-0.3, -0.25) is 4.99 Å². The number of thioether (sulfide) groups is 1. The van der Waals surface area contributed by atoms with Crippen molar-refractivity contribution < 1.29 is 0 Å². The lowest BCUT2D eigenvalue weighted by atomic mass is 10.0. The predicted octanol–water partition coefficient (Wildman–Crippen LogP) is 4.58. The monoisotopic (exact) mass is 300 g/mol. The number of nitrogens with zero attached hydrogens (tertiary/aromatic N) is 2. The lowest BCUT2D eigenvalue weighted by Gasteiger charge is -2.08. The van der Waals surface area contributed by atoms with Gasteiger partial charge in [0.1, 0.15) is 0 Å². The highest BCUT2D eigenvalue weighted by molar-refractivity contribution is 8.13. The molecule has 0 fully saturated rings. The van der Waals surface area contributed by atoms with E-state index in [-0.39, 0.29) is 0 Å². The first-order valence-corrected chi connectivity index (χ1v) is 7.89. The molecule has 0 N–H and O–H groups in total. The molecular formula is C16H13ClN2S. The second-order valence-electron chi connectivity index (χ2n) is 4.40. The minimum atomic E-state index is 0.609. The normalized spacial score (nSPS) is 14.1. The van der Waals surface area contributed by atoms with E-state index in [9.17, 15) is 0 Å². The molecule has 1 aliphatic rings. The number of benzene rings is 2. The van der Waals surface area contributed by atoms with Gasteiger partial charge in [0.05, 0.1) is 23.0 Å². The quantitative estimate of drug-likeness (QED) is 0.756. The van der Waals surface area contributed by atoms with Crippen LogP contribution in [0.1, 0.15) is 11.1 Å².